The molecule has 2 N–H and O–H groups in total. The standard InChI is InChI=1S/C12H15N3O2S/c1-8(13)11-14-10(7-18-11)12(16)15(2)5-9-3-4-17-6-9/h3-4,6-8H,5,13H2,1-2H3. The van der Waals surface area contributed by atoms with E-state index in [0.717, 1.165) is 10.6 Å². The zero-order chi connectivity index (χ0) is 13.1. The van der Waals surface area contributed by atoms with E-state index >= 15 is 0 Å². The minimum absolute atomic E-state index is 0.112. The van der Waals surface area contributed by atoms with Gasteiger partial charge in [-0.05, 0) is 13.0 Å². The van der Waals surface area contributed by atoms with Crippen molar-refractivity contribution in [3.8, 4) is 0 Å². The number of aromatic nitrogens is 1. The van der Waals surface area contributed by atoms with Gasteiger partial charge in [0, 0.05) is 24.5 Å². The third-order valence-electron chi connectivity index (χ3n) is 2.48. The first-order valence-corrected chi connectivity index (χ1v) is 6.43. The molecular formula is C12H15N3O2S. The number of hydrogen-bond donors (Lipinski definition) is 1. The van der Waals surface area contributed by atoms with E-state index in [2.05, 4.69) is 4.98 Å². The second-order valence-corrected chi connectivity index (χ2v) is 5.04. The van der Waals surface area contributed by atoms with E-state index in [1.54, 1.807) is 29.9 Å². The van der Waals surface area contributed by atoms with Gasteiger partial charge in [0.05, 0.1) is 18.6 Å². The Balaban J connectivity index is 2.05. The van der Waals surface area contributed by atoms with Gasteiger partial charge in [0.15, 0.2) is 0 Å². The molecule has 1 amide bonds. The molecule has 2 aromatic rings. The highest BCUT2D eigenvalue weighted by atomic mass is 32.1. The molecule has 0 aliphatic carbocycles. The van der Waals surface area contributed by atoms with Crippen LogP contribution in [0.15, 0.2) is 28.4 Å². The molecule has 0 bridgehead atoms. The zero-order valence-corrected chi connectivity index (χ0v) is 11.1. The number of carbonyl (C=O) groups is 1. The van der Waals surface area contributed by atoms with Crippen LogP contribution in [-0.2, 0) is 6.54 Å². The molecule has 0 aromatic carbocycles. The monoisotopic (exact) mass is 265 g/mol. The number of amides is 1. The number of furan rings is 1. The van der Waals surface area contributed by atoms with Crippen LogP contribution in [0.2, 0.25) is 0 Å². The summed E-state index contributed by atoms with van der Waals surface area (Å²) in [6, 6.07) is 1.69. The Labute approximate surface area is 109 Å². The first kappa shape index (κ1) is 12.8. The van der Waals surface area contributed by atoms with E-state index in [9.17, 15) is 4.79 Å². The summed E-state index contributed by atoms with van der Waals surface area (Å²) >= 11 is 1.41. The zero-order valence-electron chi connectivity index (χ0n) is 10.3. The number of nitrogens with zero attached hydrogens (tertiary/aromatic N) is 2. The second kappa shape index (κ2) is 5.32. The van der Waals surface area contributed by atoms with Gasteiger partial charge in [-0.2, -0.15) is 0 Å². The van der Waals surface area contributed by atoms with Crippen LogP contribution in [0.25, 0.3) is 0 Å². The molecule has 1 atom stereocenters. The summed E-state index contributed by atoms with van der Waals surface area (Å²) in [4.78, 5) is 17.9. The smallest absolute Gasteiger partial charge is 0.273 e. The molecule has 2 rings (SSSR count). The van der Waals surface area contributed by atoms with E-state index in [1.165, 1.54) is 11.3 Å². The van der Waals surface area contributed by atoms with Crippen molar-refractivity contribution in [3.05, 3.63) is 40.2 Å². The highest BCUT2D eigenvalue weighted by molar-refractivity contribution is 7.09. The fourth-order valence-electron chi connectivity index (χ4n) is 1.52. The van der Waals surface area contributed by atoms with E-state index in [0.29, 0.717) is 12.2 Å². The number of nitrogens with two attached hydrogens (primary N) is 1. The summed E-state index contributed by atoms with van der Waals surface area (Å²) in [5.41, 5.74) is 7.12. The average molecular weight is 265 g/mol. The van der Waals surface area contributed by atoms with Crippen LogP contribution in [-0.4, -0.2) is 22.8 Å². The molecule has 96 valence electrons. The number of thiazole rings is 1. The molecule has 0 radical (unpaired) electrons. The summed E-state index contributed by atoms with van der Waals surface area (Å²) < 4.78 is 4.97. The van der Waals surface area contributed by atoms with Crippen molar-refractivity contribution in [1.29, 1.82) is 0 Å². The second-order valence-electron chi connectivity index (χ2n) is 4.15. The van der Waals surface area contributed by atoms with Gasteiger partial charge in [-0.25, -0.2) is 4.98 Å². The third-order valence-corrected chi connectivity index (χ3v) is 3.52. The van der Waals surface area contributed by atoms with Crippen LogP contribution >= 0.6 is 11.3 Å². The molecule has 2 aromatic heterocycles. The predicted octanol–water partition coefficient (Wildman–Crippen LogP) is 2.03. The molecule has 0 saturated heterocycles. The van der Waals surface area contributed by atoms with Crippen LogP contribution in [0.4, 0.5) is 0 Å². The summed E-state index contributed by atoms with van der Waals surface area (Å²) in [6.45, 7) is 2.35. The van der Waals surface area contributed by atoms with Crippen molar-refractivity contribution in [3.63, 3.8) is 0 Å². The molecule has 18 heavy (non-hydrogen) atoms. The Hall–Kier alpha value is -1.66. The van der Waals surface area contributed by atoms with Crippen molar-refractivity contribution in [2.75, 3.05) is 7.05 Å². The first-order valence-electron chi connectivity index (χ1n) is 5.55. The number of rotatable bonds is 4. The third kappa shape index (κ3) is 2.77. The molecule has 0 aliphatic rings. The quantitative estimate of drug-likeness (QED) is 0.918. The van der Waals surface area contributed by atoms with E-state index in [-0.39, 0.29) is 11.9 Å². The molecule has 0 saturated carbocycles. The molecule has 6 heteroatoms. The van der Waals surface area contributed by atoms with Crippen LogP contribution < -0.4 is 5.73 Å². The van der Waals surface area contributed by atoms with Gasteiger partial charge in [0.25, 0.3) is 5.91 Å². The highest BCUT2D eigenvalue weighted by Gasteiger charge is 2.17. The van der Waals surface area contributed by atoms with Crippen molar-refractivity contribution < 1.29 is 9.21 Å². The minimum Gasteiger partial charge on any atom is -0.472 e. The largest absolute Gasteiger partial charge is 0.472 e. The Bertz CT molecular complexity index is 519. The van der Waals surface area contributed by atoms with Crippen LogP contribution in [0.1, 0.15) is 34.0 Å². The van der Waals surface area contributed by atoms with Crippen molar-refractivity contribution in [2.45, 2.75) is 19.5 Å². The maximum atomic E-state index is 12.1. The lowest BCUT2D eigenvalue weighted by Gasteiger charge is -2.14. The number of carbonyl (C=O) groups excluding carboxylic acids is 1. The molecule has 0 aliphatic heterocycles. The van der Waals surface area contributed by atoms with Gasteiger partial charge in [-0.15, -0.1) is 11.3 Å². The topological polar surface area (TPSA) is 72.4 Å². The van der Waals surface area contributed by atoms with Crippen LogP contribution in [0, 0.1) is 0 Å². The van der Waals surface area contributed by atoms with Gasteiger partial charge in [-0.3, -0.25) is 4.79 Å². The Morgan fingerprint density at radius 1 is 1.67 bits per heavy atom. The van der Waals surface area contributed by atoms with Crippen LogP contribution in [0.3, 0.4) is 0 Å². The summed E-state index contributed by atoms with van der Waals surface area (Å²) in [6.07, 6.45) is 3.21. The minimum atomic E-state index is -0.143. The van der Waals surface area contributed by atoms with Crippen molar-refractivity contribution >= 4 is 17.2 Å². The van der Waals surface area contributed by atoms with Gasteiger partial charge < -0.3 is 15.1 Å². The van der Waals surface area contributed by atoms with E-state index in [4.69, 9.17) is 10.2 Å². The molecule has 1 unspecified atom stereocenters. The van der Waals surface area contributed by atoms with Gasteiger partial charge in [0.1, 0.15) is 10.7 Å². The molecule has 5 nitrogen and oxygen atoms in total. The lowest BCUT2D eigenvalue weighted by atomic mass is 10.3. The highest BCUT2D eigenvalue weighted by Crippen LogP contribution is 2.17. The van der Waals surface area contributed by atoms with Crippen molar-refractivity contribution in [2.24, 2.45) is 5.73 Å². The summed E-state index contributed by atoms with van der Waals surface area (Å²) in [7, 11) is 1.74. The molecule has 0 spiro atoms. The molecule has 0 fully saturated rings. The average Bonchev–Trinajstić information content (AvgIpc) is 2.98. The maximum Gasteiger partial charge on any atom is 0.273 e. The Kier molecular flexibility index (Phi) is 3.78. The normalized spacial score (nSPS) is 12.4. The SMILES string of the molecule is CC(N)c1nc(C(=O)N(C)Cc2ccoc2)cs1. The Morgan fingerprint density at radius 3 is 3.00 bits per heavy atom. The Morgan fingerprint density at radius 2 is 2.44 bits per heavy atom. The van der Waals surface area contributed by atoms with Crippen molar-refractivity contribution in [1.82, 2.24) is 9.88 Å². The summed E-state index contributed by atoms with van der Waals surface area (Å²) in [5.74, 6) is -0.112. The summed E-state index contributed by atoms with van der Waals surface area (Å²) in [5, 5.41) is 2.52. The van der Waals surface area contributed by atoms with Crippen LogP contribution in [0.5, 0.6) is 0 Å². The first-order chi connectivity index (χ1) is 8.58. The van der Waals surface area contributed by atoms with E-state index < -0.39 is 0 Å². The molecule has 2 heterocycles. The predicted molar refractivity (Wildman–Crippen MR) is 69.2 cm³/mol. The van der Waals surface area contributed by atoms with E-state index in [1.807, 2.05) is 13.0 Å². The lowest BCUT2D eigenvalue weighted by Crippen LogP contribution is -2.26. The fraction of sp³-hybridized carbons (Fsp3) is 0.333. The maximum absolute atomic E-state index is 12.1. The fourth-order valence-corrected chi connectivity index (χ4v) is 2.27. The van der Waals surface area contributed by atoms with Gasteiger partial charge in [0.2, 0.25) is 0 Å². The van der Waals surface area contributed by atoms with Gasteiger partial charge in [-0.1, -0.05) is 0 Å². The molecular weight excluding hydrogens is 250 g/mol. The number of hydrogen-bond acceptors (Lipinski definition) is 5. The van der Waals surface area contributed by atoms with Gasteiger partial charge >= 0.3 is 0 Å². The lowest BCUT2D eigenvalue weighted by molar-refractivity contribution is 0.0779.